The van der Waals surface area contributed by atoms with Gasteiger partial charge in [-0.25, -0.2) is 0 Å². The van der Waals surface area contributed by atoms with Gasteiger partial charge in [-0.1, -0.05) is 34.6 Å². The number of nitrogens with two attached hydrogens (primary N) is 2. The topological polar surface area (TPSA) is 107 Å². The molecule has 8 N–H and O–H groups in total. The molecule has 33 heavy (non-hydrogen) atoms. The molecule has 0 saturated carbocycles. The van der Waals surface area contributed by atoms with Crippen molar-refractivity contribution in [2.24, 2.45) is 22.8 Å². The van der Waals surface area contributed by atoms with Crippen LogP contribution < -0.4 is 32.7 Å². The summed E-state index contributed by atoms with van der Waals surface area (Å²) < 4.78 is 0. The van der Waals surface area contributed by atoms with Gasteiger partial charge in [-0.2, -0.15) is 0 Å². The van der Waals surface area contributed by atoms with Crippen molar-refractivity contribution < 1.29 is 0 Å². The molecule has 0 bridgehead atoms. The Balaban J connectivity index is 4.07. The molecule has 8 nitrogen and oxygen atoms in total. The van der Waals surface area contributed by atoms with Crippen LogP contribution in [0.25, 0.3) is 0 Å². The molecule has 0 heterocycles. The van der Waals surface area contributed by atoms with E-state index >= 15 is 0 Å². The second-order valence-corrected chi connectivity index (χ2v) is 10.8. The number of nitrogens with one attached hydrogen (secondary N) is 4. The first-order valence-electron chi connectivity index (χ1n) is 13.5. The maximum Gasteiger partial charge on any atom is 0.0108 e. The van der Waals surface area contributed by atoms with Crippen molar-refractivity contribution >= 4 is 0 Å². The summed E-state index contributed by atoms with van der Waals surface area (Å²) in [5, 5.41) is 14.2. The molecule has 0 rings (SSSR count). The molecule has 0 aromatic heterocycles. The molecule has 0 saturated heterocycles. The van der Waals surface area contributed by atoms with Gasteiger partial charge in [0, 0.05) is 91.6 Å². The van der Waals surface area contributed by atoms with Gasteiger partial charge in [0.1, 0.15) is 0 Å². The summed E-state index contributed by atoms with van der Waals surface area (Å²) in [5.74, 6) is 0.771. The van der Waals surface area contributed by atoms with E-state index in [1.165, 1.54) is 12.8 Å². The van der Waals surface area contributed by atoms with Gasteiger partial charge in [0.05, 0.1) is 0 Å². The summed E-state index contributed by atoms with van der Waals surface area (Å²) >= 11 is 0. The van der Waals surface area contributed by atoms with Gasteiger partial charge in [-0.15, -0.1) is 0 Å². The highest BCUT2D eigenvalue weighted by atomic mass is 15.2. The summed E-state index contributed by atoms with van der Waals surface area (Å²) in [6, 6.07) is 0. The third-order valence-corrected chi connectivity index (χ3v) is 5.74. The molecule has 0 aromatic rings. The lowest BCUT2D eigenvalue weighted by Gasteiger charge is -2.27. The average Bonchev–Trinajstić information content (AvgIpc) is 2.75. The molecule has 0 unspecified atom stereocenters. The fourth-order valence-corrected chi connectivity index (χ4v) is 3.47. The molecular formula is C25H60N8. The Morgan fingerprint density at radius 2 is 1.03 bits per heavy atom. The highest BCUT2D eigenvalue weighted by Gasteiger charge is 2.13. The number of nitrogens with zero attached hydrogens (tertiary/aromatic N) is 2. The van der Waals surface area contributed by atoms with Gasteiger partial charge >= 0.3 is 0 Å². The number of rotatable bonds is 24. The van der Waals surface area contributed by atoms with Crippen LogP contribution >= 0.6 is 0 Å². The molecule has 0 aromatic carbocycles. The minimum Gasteiger partial charge on any atom is -0.329 e. The molecule has 0 aliphatic rings. The lowest BCUT2D eigenvalue weighted by molar-refractivity contribution is 0.228. The predicted octanol–water partition coefficient (Wildman–Crippen LogP) is 0.349. The Bertz CT molecular complexity index is 400. The van der Waals surface area contributed by atoms with Gasteiger partial charge in [-0.3, -0.25) is 4.90 Å². The van der Waals surface area contributed by atoms with Crippen LogP contribution in [0.2, 0.25) is 0 Å². The van der Waals surface area contributed by atoms with E-state index in [0.29, 0.717) is 12.0 Å². The molecule has 0 amide bonds. The lowest BCUT2D eigenvalue weighted by atomic mass is 9.92. The molecule has 8 heteroatoms. The summed E-state index contributed by atoms with van der Waals surface area (Å²) in [6.45, 7) is 27.4. The van der Waals surface area contributed by atoms with Crippen LogP contribution in [-0.2, 0) is 0 Å². The minimum absolute atomic E-state index is 0.372. The van der Waals surface area contributed by atoms with E-state index in [9.17, 15) is 0 Å². The van der Waals surface area contributed by atoms with E-state index in [4.69, 9.17) is 11.5 Å². The van der Waals surface area contributed by atoms with Crippen LogP contribution in [0.1, 0.15) is 47.5 Å². The maximum absolute atomic E-state index is 5.82. The molecular weight excluding hydrogens is 412 g/mol. The van der Waals surface area contributed by atoms with Crippen molar-refractivity contribution in [1.29, 1.82) is 0 Å². The summed E-state index contributed by atoms with van der Waals surface area (Å²) in [4.78, 5) is 5.03. The van der Waals surface area contributed by atoms with E-state index in [1.54, 1.807) is 0 Å². The average molecular weight is 473 g/mol. The zero-order valence-corrected chi connectivity index (χ0v) is 22.9. The Morgan fingerprint density at radius 3 is 1.48 bits per heavy atom. The zero-order chi connectivity index (χ0) is 24.8. The van der Waals surface area contributed by atoms with Gasteiger partial charge in [0.15, 0.2) is 0 Å². The van der Waals surface area contributed by atoms with Crippen molar-refractivity contribution in [1.82, 2.24) is 31.1 Å². The first-order valence-corrected chi connectivity index (χ1v) is 13.5. The zero-order valence-electron chi connectivity index (χ0n) is 22.9. The summed E-state index contributed by atoms with van der Waals surface area (Å²) in [6.07, 6.45) is 2.45. The summed E-state index contributed by atoms with van der Waals surface area (Å²) in [7, 11) is 0. The van der Waals surface area contributed by atoms with Gasteiger partial charge in [0.25, 0.3) is 0 Å². The molecule has 0 radical (unpaired) electrons. The van der Waals surface area contributed by atoms with Crippen LogP contribution in [0, 0.1) is 11.3 Å². The Morgan fingerprint density at radius 1 is 0.576 bits per heavy atom. The second kappa shape index (κ2) is 22.2. The van der Waals surface area contributed by atoms with Crippen molar-refractivity contribution in [2.45, 2.75) is 47.5 Å². The van der Waals surface area contributed by atoms with Crippen molar-refractivity contribution in [2.75, 3.05) is 105 Å². The van der Waals surface area contributed by atoms with E-state index in [1.807, 2.05) is 0 Å². The maximum atomic E-state index is 5.82. The molecule has 0 aliphatic carbocycles. The smallest absolute Gasteiger partial charge is 0.0108 e. The predicted molar refractivity (Wildman–Crippen MR) is 146 cm³/mol. The Kier molecular flexibility index (Phi) is 21.9. The van der Waals surface area contributed by atoms with Crippen LogP contribution in [0.3, 0.4) is 0 Å². The van der Waals surface area contributed by atoms with Crippen molar-refractivity contribution in [3.63, 3.8) is 0 Å². The SMILES string of the molecule is CC(C)CCNCCNCCN(CCNCCN)CCNCCN(CCN)CCC(C)(C)C. The van der Waals surface area contributed by atoms with Crippen LogP contribution in [0.4, 0.5) is 0 Å². The molecule has 200 valence electrons. The van der Waals surface area contributed by atoms with Gasteiger partial charge in [-0.05, 0) is 37.3 Å². The standard InChI is InChI=1S/C25H60N8/c1-24(2)6-10-28-12-13-30-15-22-33(21-14-29-11-8-26)23-17-31-16-20-32(19-9-27)18-7-25(3,4)5/h24,28-31H,6-23,26-27H2,1-5H3. The fraction of sp³-hybridized carbons (Fsp3) is 1.00. The fourth-order valence-electron chi connectivity index (χ4n) is 3.47. The van der Waals surface area contributed by atoms with Crippen molar-refractivity contribution in [3.05, 3.63) is 0 Å². The molecule has 0 fully saturated rings. The molecule has 0 spiro atoms. The minimum atomic E-state index is 0.372. The monoisotopic (exact) mass is 472 g/mol. The highest BCUT2D eigenvalue weighted by Crippen LogP contribution is 2.18. The molecule has 0 aliphatic heterocycles. The Labute approximate surface area is 206 Å². The third kappa shape index (κ3) is 24.6. The Hall–Kier alpha value is -0.320. The number of hydrogen-bond acceptors (Lipinski definition) is 8. The van der Waals surface area contributed by atoms with E-state index in [0.717, 1.165) is 104 Å². The largest absolute Gasteiger partial charge is 0.329 e. The first-order chi connectivity index (χ1) is 15.8. The van der Waals surface area contributed by atoms with Crippen LogP contribution in [-0.4, -0.2) is 115 Å². The third-order valence-electron chi connectivity index (χ3n) is 5.74. The number of hydrogen-bond donors (Lipinski definition) is 6. The van der Waals surface area contributed by atoms with E-state index in [-0.39, 0.29) is 0 Å². The second-order valence-electron chi connectivity index (χ2n) is 10.8. The van der Waals surface area contributed by atoms with Crippen LogP contribution in [0.5, 0.6) is 0 Å². The van der Waals surface area contributed by atoms with Crippen LogP contribution in [0.15, 0.2) is 0 Å². The first kappa shape index (κ1) is 32.7. The summed E-state index contributed by atoms with van der Waals surface area (Å²) in [5.41, 5.74) is 11.8. The normalized spacial score (nSPS) is 12.5. The molecule has 0 atom stereocenters. The van der Waals surface area contributed by atoms with Gasteiger partial charge in [0.2, 0.25) is 0 Å². The lowest BCUT2D eigenvalue weighted by Crippen LogP contribution is -2.43. The van der Waals surface area contributed by atoms with Gasteiger partial charge < -0.3 is 37.6 Å². The van der Waals surface area contributed by atoms with Crippen molar-refractivity contribution in [3.8, 4) is 0 Å². The van der Waals surface area contributed by atoms with E-state index < -0.39 is 0 Å². The van der Waals surface area contributed by atoms with E-state index in [2.05, 4.69) is 65.7 Å². The highest BCUT2D eigenvalue weighted by molar-refractivity contribution is 4.69. The quantitative estimate of drug-likeness (QED) is 0.112.